The minimum atomic E-state index is -0.0989. The van der Waals surface area contributed by atoms with E-state index in [1.165, 1.54) is 0 Å². The van der Waals surface area contributed by atoms with E-state index in [9.17, 15) is 4.79 Å². The number of hydrogen-bond donors (Lipinski definition) is 2. The van der Waals surface area contributed by atoms with Crippen LogP contribution in [0.25, 0.3) is 0 Å². The van der Waals surface area contributed by atoms with Crippen molar-refractivity contribution >= 4 is 40.4 Å². The van der Waals surface area contributed by atoms with Gasteiger partial charge in [0.2, 0.25) is 5.91 Å². The van der Waals surface area contributed by atoms with Crippen molar-refractivity contribution in [2.75, 3.05) is 5.32 Å². The smallest absolute Gasteiger partial charge is 0.224 e. The summed E-state index contributed by atoms with van der Waals surface area (Å²) in [4.78, 5) is 11.8. The maximum absolute atomic E-state index is 11.5. The molecule has 0 aromatic heterocycles. The molecule has 0 aliphatic carbocycles. The average molecular weight is 257 g/mol. The van der Waals surface area contributed by atoms with Crippen LogP contribution in [0.15, 0.2) is 18.2 Å². The Bertz CT molecular complexity index is 420. The van der Waals surface area contributed by atoms with Gasteiger partial charge in [-0.25, -0.2) is 0 Å². The number of rotatable bonds is 4. The van der Waals surface area contributed by atoms with E-state index in [4.69, 9.17) is 29.6 Å². The minimum Gasteiger partial charge on any atom is -0.393 e. The number of anilines is 1. The van der Waals surface area contributed by atoms with Gasteiger partial charge in [-0.1, -0.05) is 23.8 Å². The van der Waals surface area contributed by atoms with Crippen molar-refractivity contribution in [1.29, 1.82) is 0 Å². The maximum atomic E-state index is 11.5. The summed E-state index contributed by atoms with van der Waals surface area (Å²) in [6.45, 7) is 1.88. The van der Waals surface area contributed by atoms with Gasteiger partial charge in [0, 0.05) is 23.6 Å². The Morgan fingerprint density at radius 3 is 2.75 bits per heavy atom. The quantitative estimate of drug-likeness (QED) is 0.815. The van der Waals surface area contributed by atoms with E-state index in [1.807, 2.05) is 6.92 Å². The van der Waals surface area contributed by atoms with Crippen LogP contribution in [0.5, 0.6) is 0 Å². The first-order valence-electron chi connectivity index (χ1n) is 4.83. The molecule has 3 nitrogen and oxygen atoms in total. The summed E-state index contributed by atoms with van der Waals surface area (Å²) in [6, 6.07) is 5.30. The molecule has 1 aromatic rings. The van der Waals surface area contributed by atoms with E-state index in [1.54, 1.807) is 18.2 Å². The first-order valence-corrected chi connectivity index (χ1v) is 5.62. The zero-order valence-corrected chi connectivity index (χ0v) is 10.5. The second-order valence-electron chi connectivity index (χ2n) is 3.47. The molecular weight excluding hydrogens is 244 g/mol. The van der Waals surface area contributed by atoms with Crippen molar-refractivity contribution in [2.45, 2.75) is 19.8 Å². The molecule has 0 saturated carbocycles. The summed E-state index contributed by atoms with van der Waals surface area (Å²) in [5.74, 6) is -0.0989. The van der Waals surface area contributed by atoms with Crippen LogP contribution in [0.1, 0.15) is 18.4 Å². The fraction of sp³-hybridized carbons (Fsp3) is 0.273. The Morgan fingerprint density at radius 1 is 1.50 bits per heavy atom. The van der Waals surface area contributed by atoms with Crippen LogP contribution in [0.4, 0.5) is 5.69 Å². The maximum Gasteiger partial charge on any atom is 0.224 e. The Hall–Kier alpha value is -1.13. The highest BCUT2D eigenvalue weighted by Crippen LogP contribution is 2.19. The standard InChI is InChI=1S/C11H13ClN2OS/c1-7-6-8(12)2-3-9(7)14-11(15)5-4-10(13)16/h2-3,6H,4-5H2,1H3,(H2,13,16)(H,14,15). The lowest BCUT2D eigenvalue weighted by Crippen LogP contribution is -2.16. The van der Waals surface area contributed by atoms with E-state index in [-0.39, 0.29) is 5.91 Å². The molecule has 0 saturated heterocycles. The summed E-state index contributed by atoms with van der Waals surface area (Å²) in [5, 5.41) is 3.43. The lowest BCUT2D eigenvalue weighted by atomic mass is 10.2. The Morgan fingerprint density at radius 2 is 2.19 bits per heavy atom. The zero-order chi connectivity index (χ0) is 12.1. The van der Waals surface area contributed by atoms with Gasteiger partial charge in [0.1, 0.15) is 0 Å². The SMILES string of the molecule is Cc1cc(Cl)ccc1NC(=O)CCC(N)=S. The van der Waals surface area contributed by atoms with Gasteiger partial charge in [-0.15, -0.1) is 0 Å². The number of amides is 1. The topological polar surface area (TPSA) is 55.1 Å². The molecule has 1 aromatic carbocycles. The van der Waals surface area contributed by atoms with Crippen LogP contribution in [-0.2, 0) is 4.79 Å². The van der Waals surface area contributed by atoms with Gasteiger partial charge in [0.25, 0.3) is 0 Å². The number of nitrogens with one attached hydrogen (secondary N) is 1. The van der Waals surface area contributed by atoms with Crippen LogP contribution in [0, 0.1) is 6.92 Å². The molecule has 3 N–H and O–H groups in total. The first-order chi connectivity index (χ1) is 7.49. The molecule has 0 bridgehead atoms. The number of benzene rings is 1. The molecule has 16 heavy (non-hydrogen) atoms. The van der Waals surface area contributed by atoms with Gasteiger partial charge in [0.15, 0.2) is 0 Å². The van der Waals surface area contributed by atoms with E-state index in [0.29, 0.717) is 22.9 Å². The highest BCUT2D eigenvalue weighted by atomic mass is 35.5. The number of hydrogen-bond acceptors (Lipinski definition) is 2. The van der Waals surface area contributed by atoms with Gasteiger partial charge < -0.3 is 11.1 Å². The molecular formula is C11H13ClN2OS. The highest BCUT2D eigenvalue weighted by Gasteiger charge is 2.05. The molecule has 0 aliphatic heterocycles. The second kappa shape index (κ2) is 5.82. The molecule has 86 valence electrons. The third kappa shape index (κ3) is 4.16. The predicted molar refractivity (Wildman–Crippen MR) is 70.8 cm³/mol. The van der Waals surface area contributed by atoms with Gasteiger partial charge >= 0.3 is 0 Å². The molecule has 1 rings (SSSR count). The van der Waals surface area contributed by atoms with Crippen molar-refractivity contribution in [1.82, 2.24) is 0 Å². The summed E-state index contributed by atoms with van der Waals surface area (Å²) in [7, 11) is 0. The van der Waals surface area contributed by atoms with Crippen molar-refractivity contribution in [3.63, 3.8) is 0 Å². The summed E-state index contributed by atoms with van der Waals surface area (Å²) >= 11 is 10.5. The molecule has 5 heteroatoms. The molecule has 0 unspecified atom stereocenters. The van der Waals surface area contributed by atoms with Crippen molar-refractivity contribution in [3.05, 3.63) is 28.8 Å². The Balaban J connectivity index is 2.59. The van der Waals surface area contributed by atoms with Crippen LogP contribution >= 0.6 is 23.8 Å². The minimum absolute atomic E-state index is 0.0989. The normalized spacial score (nSPS) is 9.88. The van der Waals surface area contributed by atoms with Crippen molar-refractivity contribution < 1.29 is 4.79 Å². The van der Waals surface area contributed by atoms with E-state index >= 15 is 0 Å². The van der Waals surface area contributed by atoms with Crippen LogP contribution < -0.4 is 11.1 Å². The number of thiocarbonyl (C=S) groups is 1. The van der Waals surface area contributed by atoms with Crippen LogP contribution in [0.3, 0.4) is 0 Å². The number of carbonyl (C=O) groups is 1. The largest absolute Gasteiger partial charge is 0.393 e. The molecule has 0 spiro atoms. The summed E-state index contributed by atoms with van der Waals surface area (Å²) < 4.78 is 0. The molecule has 1 amide bonds. The fourth-order valence-electron chi connectivity index (χ4n) is 1.22. The molecule has 0 aliphatic rings. The number of aryl methyl sites for hydroxylation is 1. The lowest BCUT2D eigenvalue weighted by Gasteiger charge is -2.08. The van der Waals surface area contributed by atoms with Crippen LogP contribution in [0.2, 0.25) is 5.02 Å². The van der Waals surface area contributed by atoms with E-state index in [2.05, 4.69) is 5.32 Å². The Labute approximate surface area is 105 Å². The van der Waals surface area contributed by atoms with Gasteiger partial charge in [-0.05, 0) is 30.7 Å². The highest BCUT2D eigenvalue weighted by molar-refractivity contribution is 7.80. The van der Waals surface area contributed by atoms with E-state index in [0.717, 1.165) is 11.3 Å². The molecule has 0 fully saturated rings. The fourth-order valence-corrected chi connectivity index (χ4v) is 1.55. The summed E-state index contributed by atoms with van der Waals surface area (Å²) in [6.07, 6.45) is 0.727. The Kier molecular flexibility index (Phi) is 4.71. The van der Waals surface area contributed by atoms with Gasteiger partial charge in [-0.2, -0.15) is 0 Å². The number of carbonyl (C=O) groups excluding carboxylic acids is 1. The monoisotopic (exact) mass is 256 g/mol. The average Bonchev–Trinajstić information content (AvgIpc) is 2.19. The van der Waals surface area contributed by atoms with Gasteiger partial charge in [0.05, 0.1) is 4.99 Å². The first kappa shape index (κ1) is 12.9. The van der Waals surface area contributed by atoms with Crippen molar-refractivity contribution in [2.24, 2.45) is 5.73 Å². The zero-order valence-electron chi connectivity index (χ0n) is 8.92. The third-order valence-electron chi connectivity index (χ3n) is 2.06. The van der Waals surface area contributed by atoms with E-state index < -0.39 is 0 Å². The summed E-state index contributed by atoms with van der Waals surface area (Å²) in [5.41, 5.74) is 7.01. The van der Waals surface area contributed by atoms with Gasteiger partial charge in [-0.3, -0.25) is 4.79 Å². The molecule has 0 radical (unpaired) electrons. The predicted octanol–water partition coefficient (Wildman–Crippen LogP) is 2.65. The third-order valence-corrected chi connectivity index (χ3v) is 2.50. The molecule has 0 heterocycles. The second-order valence-corrected chi connectivity index (χ2v) is 4.43. The van der Waals surface area contributed by atoms with Crippen molar-refractivity contribution in [3.8, 4) is 0 Å². The number of nitrogens with two attached hydrogens (primary N) is 1. The lowest BCUT2D eigenvalue weighted by molar-refractivity contribution is -0.116. The molecule has 0 atom stereocenters. The van der Waals surface area contributed by atoms with Crippen LogP contribution in [-0.4, -0.2) is 10.9 Å². The number of halogens is 1.